The van der Waals surface area contributed by atoms with E-state index in [2.05, 4.69) is 22.0 Å². The SMILES string of the molecule is NC(=O)c1ccc(CN2CCC[C@@H](c3nc4ccccc4s3)C2)[nH]c1=O. The highest BCUT2D eigenvalue weighted by Gasteiger charge is 2.24. The van der Waals surface area contributed by atoms with Gasteiger partial charge in [0.15, 0.2) is 0 Å². The van der Waals surface area contributed by atoms with Crippen LogP contribution in [0.2, 0.25) is 0 Å². The van der Waals surface area contributed by atoms with Gasteiger partial charge in [-0.3, -0.25) is 14.5 Å². The van der Waals surface area contributed by atoms with E-state index in [9.17, 15) is 9.59 Å². The van der Waals surface area contributed by atoms with E-state index in [-0.39, 0.29) is 5.56 Å². The van der Waals surface area contributed by atoms with Crippen LogP contribution in [0.4, 0.5) is 0 Å². The molecule has 3 aromatic rings. The number of para-hydroxylation sites is 1. The predicted octanol–water partition coefficient (Wildman–Crippen LogP) is 2.46. The molecule has 0 spiro atoms. The fourth-order valence-electron chi connectivity index (χ4n) is 3.51. The maximum absolute atomic E-state index is 11.9. The molecule has 3 heterocycles. The Bertz CT molecular complexity index is 977. The molecular weight excluding hydrogens is 348 g/mol. The van der Waals surface area contributed by atoms with Crippen LogP contribution in [0.15, 0.2) is 41.2 Å². The van der Waals surface area contributed by atoms with Gasteiger partial charge in [-0.25, -0.2) is 4.98 Å². The monoisotopic (exact) mass is 368 g/mol. The standard InChI is InChI=1S/C19H20N4O2S/c20-17(24)14-8-7-13(21-18(14)25)11-23-9-3-4-12(10-23)19-22-15-5-1-2-6-16(15)26-19/h1-2,5-8,12H,3-4,9-11H2,(H2,20,24)(H,21,25)/t12-/m1/s1. The number of carbonyl (C=O) groups is 1. The first-order chi connectivity index (χ1) is 12.6. The molecule has 26 heavy (non-hydrogen) atoms. The summed E-state index contributed by atoms with van der Waals surface area (Å²) in [6, 6.07) is 11.5. The van der Waals surface area contributed by atoms with Gasteiger partial charge in [-0.15, -0.1) is 11.3 Å². The van der Waals surface area contributed by atoms with Gasteiger partial charge in [-0.1, -0.05) is 12.1 Å². The van der Waals surface area contributed by atoms with Crippen molar-refractivity contribution in [3.05, 3.63) is 63.0 Å². The lowest BCUT2D eigenvalue weighted by Gasteiger charge is -2.31. The summed E-state index contributed by atoms with van der Waals surface area (Å²) < 4.78 is 1.23. The number of fused-ring (bicyclic) bond motifs is 1. The molecule has 134 valence electrons. The Morgan fingerprint density at radius 3 is 2.92 bits per heavy atom. The smallest absolute Gasteiger partial charge is 0.261 e. The van der Waals surface area contributed by atoms with E-state index in [1.807, 2.05) is 12.1 Å². The van der Waals surface area contributed by atoms with Crippen molar-refractivity contribution >= 4 is 27.5 Å². The molecule has 1 fully saturated rings. The summed E-state index contributed by atoms with van der Waals surface area (Å²) in [7, 11) is 0. The van der Waals surface area contributed by atoms with E-state index in [0.717, 1.165) is 37.1 Å². The number of benzene rings is 1. The molecule has 0 unspecified atom stereocenters. The average molecular weight is 368 g/mol. The quantitative estimate of drug-likeness (QED) is 0.740. The number of likely N-dealkylation sites (tertiary alicyclic amines) is 1. The van der Waals surface area contributed by atoms with Gasteiger partial charge >= 0.3 is 0 Å². The normalized spacial score (nSPS) is 18.2. The van der Waals surface area contributed by atoms with Crippen LogP contribution in [0.25, 0.3) is 10.2 Å². The number of aromatic amines is 1. The molecule has 0 radical (unpaired) electrons. The number of piperidine rings is 1. The van der Waals surface area contributed by atoms with Crippen LogP contribution in [0.5, 0.6) is 0 Å². The minimum absolute atomic E-state index is 0.000235. The van der Waals surface area contributed by atoms with Crippen molar-refractivity contribution in [2.24, 2.45) is 5.73 Å². The third-order valence-corrected chi connectivity index (χ3v) is 5.99. The van der Waals surface area contributed by atoms with Crippen molar-refractivity contribution in [2.75, 3.05) is 13.1 Å². The zero-order valence-corrected chi connectivity index (χ0v) is 15.1. The third kappa shape index (κ3) is 3.40. The highest BCUT2D eigenvalue weighted by Crippen LogP contribution is 2.33. The molecule has 0 aliphatic carbocycles. The maximum atomic E-state index is 11.9. The molecule has 6 nitrogen and oxygen atoms in total. The summed E-state index contributed by atoms with van der Waals surface area (Å²) in [6.45, 7) is 2.55. The largest absolute Gasteiger partial charge is 0.365 e. The molecule has 1 aliphatic heterocycles. The summed E-state index contributed by atoms with van der Waals surface area (Å²) in [5.41, 5.74) is 6.63. The summed E-state index contributed by atoms with van der Waals surface area (Å²) in [4.78, 5) is 33.0. The van der Waals surface area contributed by atoms with Crippen molar-refractivity contribution in [1.29, 1.82) is 0 Å². The number of amides is 1. The number of hydrogen-bond acceptors (Lipinski definition) is 5. The van der Waals surface area contributed by atoms with Crippen LogP contribution >= 0.6 is 11.3 Å². The minimum atomic E-state index is -0.702. The van der Waals surface area contributed by atoms with Gasteiger partial charge in [0.1, 0.15) is 5.56 Å². The second kappa shape index (κ2) is 7.01. The number of nitrogens with two attached hydrogens (primary N) is 1. The summed E-state index contributed by atoms with van der Waals surface area (Å²) >= 11 is 1.77. The lowest BCUT2D eigenvalue weighted by atomic mass is 9.98. The van der Waals surface area contributed by atoms with Crippen molar-refractivity contribution in [3.63, 3.8) is 0 Å². The van der Waals surface area contributed by atoms with Gasteiger partial charge < -0.3 is 10.7 Å². The fourth-order valence-corrected chi connectivity index (χ4v) is 4.60. The Morgan fingerprint density at radius 2 is 2.15 bits per heavy atom. The molecular formula is C19H20N4O2S. The topological polar surface area (TPSA) is 92.1 Å². The number of nitrogens with zero attached hydrogens (tertiary/aromatic N) is 2. The van der Waals surface area contributed by atoms with Crippen molar-refractivity contribution in [1.82, 2.24) is 14.9 Å². The van der Waals surface area contributed by atoms with Gasteiger partial charge in [0, 0.05) is 24.7 Å². The molecule has 1 amide bonds. The number of hydrogen-bond donors (Lipinski definition) is 2. The maximum Gasteiger partial charge on any atom is 0.261 e. The predicted molar refractivity (Wildman–Crippen MR) is 102 cm³/mol. The van der Waals surface area contributed by atoms with E-state index in [0.29, 0.717) is 12.5 Å². The van der Waals surface area contributed by atoms with E-state index >= 15 is 0 Å². The molecule has 3 N–H and O–H groups in total. The van der Waals surface area contributed by atoms with Crippen LogP contribution in [0, 0.1) is 0 Å². The lowest BCUT2D eigenvalue weighted by Crippen LogP contribution is -2.35. The fraction of sp³-hybridized carbons (Fsp3) is 0.316. The number of carbonyl (C=O) groups excluding carboxylic acids is 1. The van der Waals surface area contributed by atoms with Gasteiger partial charge in [0.25, 0.3) is 11.5 Å². The first-order valence-corrected chi connectivity index (χ1v) is 9.51. The second-order valence-corrected chi connectivity index (χ2v) is 7.75. The number of primary amides is 1. The Labute approximate surface area is 154 Å². The minimum Gasteiger partial charge on any atom is -0.365 e. The van der Waals surface area contributed by atoms with E-state index < -0.39 is 11.5 Å². The third-order valence-electron chi connectivity index (χ3n) is 4.79. The number of thiazole rings is 1. The molecule has 4 rings (SSSR count). The molecule has 1 aliphatic rings. The van der Waals surface area contributed by atoms with Crippen molar-refractivity contribution < 1.29 is 4.79 Å². The summed E-state index contributed by atoms with van der Waals surface area (Å²) in [5, 5.41) is 1.19. The highest BCUT2D eigenvalue weighted by molar-refractivity contribution is 7.18. The Balaban J connectivity index is 1.49. The van der Waals surface area contributed by atoms with E-state index in [4.69, 9.17) is 10.7 Å². The Kier molecular flexibility index (Phi) is 4.57. The van der Waals surface area contributed by atoms with Gasteiger partial charge in [-0.2, -0.15) is 0 Å². The molecule has 2 aromatic heterocycles. The molecule has 0 bridgehead atoms. The van der Waals surface area contributed by atoms with Crippen molar-refractivity contribution in [2.45, 2.75) is 25.3 Å². The number of pyridine rings is 1. The summed E-state index contributed by atoms with van der Waals surface area (Å²) in [6.07, 6.45) is 2.23. The zero-order valence-electron chi connectivity index (χ0n) is 14.3. The highest BCUT2D eigenvalue weighted by atomic mass is 32.1. The van der Waals surface area contributed by atoms with E-state index in [1.54, 1.807) is 17.4 Å². The first kappa shape index (κ1) is 16.9. The van der Waals surface area contributed by atoms with Crippen LogP contribution < -0.4 is 11.3 Å². The molecule has 1 saturated heterocycles. The number of H-pyrrole nitrogens is 1. The molecule has 1 aromatic carbocycles. The van der Waals surface area contributed by atoms with Crippen LogP contribution in [0.1, 0.15) is 39.8 Å². The molecule has 1 atom stereocenters. The second-order valence-electron chi connectivity index (χ2n) is 6.68. The number of rotatable bonds is 4. The zero-order chi connectivity index (χ0) is 18.1. The van der Waals surface area contributed by atoms with E-state index in [1.165, 1.54) is 15.8 Å². The van der Waals surface area contributed by atoms with Gasteiger partial charge in [0.2, 0.25) is 0 Å². The number of aromatic nitrogens is 2. The van der Waals surface area contributed by atoms with Gasteiger partial charge in [-0.05, 0) is 43.7 Å². The van der Waals surface area contributed by atoms with Crippen LogP contribution in [-0.4, -0.2) is 33.9 Å². The Hall–Kier alpha value is -2.51. The first-order valence-electron chi connectivity index (χ1n) is 8.70. The molecule has 0 saturated carbocycles. The average Bonchev–Trinajstić information content (AvgIpc) is 3.06. The Morgan fingerprint density at radius 1 is 1.31 bits per heavy atom. The summed E-state index contributed by atoms with van der Waals surface area (Å²) in [5.74, 6) is -0.288. The van der Waals surface area contributed by atoms with Gasteiger partial charge in [0.05, 0.1) is 15.2 Å². The van der Waals surface area contributed by atoms with Crippen molar-refractivity contribution in [3.8, 4) is 0 Å². The number of nitrogens with one attached hydrogen (secondary N) is 1. The molecule has 7 heteroatoms. The van der Waals surface area contributed by atoms with Crippen LogP contribution in [0.3, 0.4) is 0 Å². The lowest BCUT2D eigenvalue weighted by molar-refractivity contribution is 0.0998. The van der Waals surface area contributed by atoms with Crippen LogP contribution in [-0.2, 0) is 6.54 Å².